The van der Waals surface area contributed by atoms with Crippen LogP contribution in [0, 0.1) is 5.82 Å². The monoisotopic (exact) mass is 304 g/mol. The van der Waals surface area contributed by atoms with Crippen molar-refractivity contribution in [2.75, 3.05) is 16.8 Å². The molecule has 0 aromatic heterocycles. The Morgan fingerprint density at radius 1 is 1.19 bits per heavy atom. The van der Waals surface area contributed by atoms with Crippen molar-refractivity contribution in [2.24, 2.45) is 0 Å². The largest absolute Gasteiger partial charge is 0.340 e. The predicted molar refractivity (Wildman–Crippen MR) is 82.7 cm³/mol. The third-order valence-corrected chi connectivity index (χ3v) is 3.75. The van der Waals surface area contributed by atoms with Crippen LogP contribution < -0.4 is 10.2 Å². The van der Waals surface area contributed by atoms with Crippen molar-refractivity contribution >= 4 is 34.6 Å². The molecule has 108 valence electrons. The second-order valence-corrected chi connectivity index (χ2v) is 5.33. The van der Waals surface area contributed by atoms with Crippen molar-refractivity contribution in [1.29, 1.82) is 0 Å². The Balaban J connectivity index is 2.13. The minimum Gasteiger partial charge on any atom is -0.340 e. The van der Waals surface area contributed by atoms with Gasteiger partial charge in [-0.15, -0.1) is 0 Å². The van der Waals surface area contributed by atoms with Crippen molar-refractivity contribution in [2.45, 2.75) is 12.8 Å². The molecule has 0 bridgehead atoms. The molecule has 0 atom stereocenters. The molecule has 21 heavy (non-hydrogen) atoms. The number of amides is 1. The Hall–Kier alpha value is -2.07. The Bertz CT molecular complexity index is 675. The van der Waals surface area contributed by atoms with Gasteiger partial charge in [0.25, 0.3) is 0 Å². The summed E-state index contributed by atoms with van der Waals surface area (Å²) in [6, 6.07) is 12.5. The van der Waals surface area contributed by atoms with E-state index in [0.29, 0.717) is 30.8 Å². The highest BCUT2D eigenvalue weighted by atomic mass is 35.5. The number of hydrogen-bond acceptors (Lipinski definition) is 2. The Labute approximate surface area is 127 Å². The molecule has 2 aromatic rings. The molecule has 0 radical (unpaired) electrons. The van der Waals surface area contributed by atoms with E-state index in [9.17, 15) is 9.18 Å². The van der Waals surface area contributed by atoms with Crippen LogP contribution in [0.2, 0.25) is 5.02 Å². The van der Waals surface area contributed by atoms with Gasteiger partial charge in [0.05, 0.1) is 16.4 Å². The third kappa shape index (κ3) is 2.85. The van der Waals surface area contributed by atoms with Crippen molar-refractivity contribution in [3.8, 4) is 0 Å². The molecule has 1 amide bonds. The van der Waals surface area contributed by atoms with Crippen LogP contribution in [0.5, 0.6) is 0 Å². The molecule has 1 aliphatic heterocycles. The van der Waals surface area contributed by atoms with Crippen LogP contribution in [0.1, 0.15) is 12.8 Å². The first-order valence-electron chi connectivity index (χ1n) is 6.76. The molecule has 2 aromatic carbocycles. The molecule has 5 heteroatoms. The van der Waals surface area contributed by atoms with Gasteiger partial charge in [0, 0.05) is 24.7 Å². The van der Waals surface area contributed by atoms with Crippen LogP contribution in [0.3, 0.4) is 0 Å². The average molecular weight is 305 g/mol. The Morgan fingerprint density at radius 2 is 1.95 bits per heavy atom. The Morgan fingerprint density at radius 3 is 2.71 bits per heavy atom. The van der Waals surface area contributed by atoms with Gasteiger partial charge in [-0.25, -0.2) is 4.39 Å². The van der Waals surface area contributed by atoms with E-state index in [1.807, 2.05) is 35.2 Å². The van der Waals surface area contributed by atoms with Gasteiger partial charge >= 0.3 is 0 Å². The first-order chi connectivity index (χ1) is 10.1. The first kappa shape index (κ1) is 13.9. The van der Waals surface area contributed by atoms with E-state index < -0.39 is 5.82 Å². The standard InChI is InChI=1S/C16H14ClFN2O/c17-12-9-14-15(10-13(12)18)20(8-4-7-16(21)19-14)11-5-2-1-3-6-11/h1-3,5-6,9-10H,4,7-8H2,(H,19,21). The van der Waals surface area contributed by atoms with Crippen LogP contribution in [0.25, 0.3) is 0 Å². The number of carbonyl (C=O) groups excluding carboxylic acids is 1. The highest BCUT2D eigenvalue weighted by Gasteiger charge is 2.20. The number of para-hydroxylation sites is 1. The van der Waals surface area contributed by atoms with Crippen molar-refractivity contribution in [3.05, 3.63) is 53.3 Å². The predicted octanol–water partition coefficient (Wildman–Crippen LogP) is 4.35. The van der Waals surface area contributed by atoms with Crippen molar-refractivity contribution in [3.63, 3.8) is 0 Å². The van der Waals surface area contributed by atoms with Gasteiger partial charge in [-0.3, -0.25) is 4.79 Å². The lowest BCUT2D eigenvalue weighted by molar-refractivity contribution is -0.116. The van der Waals surface area contributed by atoms with Gasteiger partial charge in [-0.1, -0.05) is 29.8 Å². The zero-order valence-electron chi connectivity index (χ0n) is 11.3. The number of nitrogens with zero attached hydrogens (tertiary/aromatic N) is 1. The molecular formula is C16H14ClFN2O. The maximum absolute atomic E-state index is 13.9. The lowest BCUT2D eigenvalue weighted by Gasteiger charge is -2.29. The summed E-state index contributed by atoms with van der Waals surface area (Å²) < 4.78 is 13.9. The van der Waals surface area contributed by atoms with E-state index in [0.717, 1.165) is 5.69 Å². The number of hydrogen-bond donors (Lipinski definition) is 1. The van der Waals surface area contributed by atoms with E-state index in [4.69, 9.17) is 11.6 Å². The maximum Gasteiger partial charge on any atom is 0.224 e. The summed E-state index contributed by atoms with van der Waals surface area (Å²) in [7, 11) is 0. The molecule has 0 spiro atoms. The lowest BCUT2D eigenvalue weighted by atomic mass is 10.1. The lowest BCUT2D eigenvalue weighted by Crippen LogP contribution is -2.25. The first-order valence-corrected chi connectivity index (χ1v) is 7.14. The van der Waals surface area contributed by atoms with Gasteiger partial charge in [0.15, 0.2) is 0 Å². The Kier molecular flexibility index (Phi) is 3.80. The van der Waals surface area contributed by atoms with Crippen LogP contribution >= 0.6 is 11.6 Å². The van der Waals surface area contributed by atoms with Gasteiger partial charge in [0.2, 0.25) is 5.91 Å². The fourth-order valence-electron chi connectivity index (χ4n) is 2.47. The van der Waals surface area contributed by atoms with Crippen molar-refractivity contribution < 1.29 is 9.18 Å². The summed E-state index contributed by atoms with van der Waals surface area (Å²) >= 11 is 5.84. The minimum absolute atomic E-state index is 0.00244. The van der Waals surface area contributed by atoms with Gasteiger partial charge in [0.1, 0.15) is 5.82 Å². The molecular weight excluding hydrogens is 291 g/mol. The summed E-state index contributed by atoms with van der Waals surface area (Å²) in [5.41, 5.74) is 2.11. The molecule has 0 saturated heterocycles. The summed E-state index contributed by atoms with van der Waals surface area (Å²) in [4.78, 5) is 13.8. The topological polar surface area (TPSA) is 32.3 Å². The van der Waals surface area contributed by atoms with E-state index in [-0.39, 0.29) is 10.9 Å². The van der Waals surface area contributed by atoms with E-state index in [1.54, 1.807) is 0 Å². The zero-order valence-corrected chi connectivity index (χ0v) is 12.0. The van der Waals surface area contributed by atoms with Crippen LogP contribution in [0.4, 0.5) is 21.5 Å². The quantitative estimate of drug-likeness (QED) is 0.849. The second kappa shape index (κ2) is 5.74. The molecule has 3 nitrogen and oxygen atoms in total. The second-order valence-electron chi connectivity index (χ2n) is 4.92. The third-order valence-electron chi connectivity index (χ3n) is 3.46. The van der Waals surface area contributed by atoms with Crippen LogP contribution in [-0.4, -0.2) is 12.5 Å². The maximum atomic E-state index is 13.9. The molecule has 0 fully saturated rings. The number of rotatable bonds is 1. The minimum atomic E-state index is -0.494. The van der Waals surface area contributed by atoms with Crippen molar-refractivity contribution in [1.82, 2.24) is 0 Å². The molecule has 1 heterocycles. The van der Waals surface area contributed by atoms with E-state index in [2.05, 4.69) is 5.32 Å². The number of halogens is 2. The van der Waals surface area contributed by atoms with Crippen LogP contribution in [-0.2, 0) is 4.79 Å². The average Bonchev–Trinajstić information content (AvgIpc) is 2.47. The van der Waals surface area contributed by atoms with Gasteiger partial charge in [-0.2, -0.15) is 0 Å². The number of nitrogens with one attached hydrogen (secondary N) is 1. The van der Waals surface area contributed by atoms with Gasteiger partial charge in [-0.05, 0) is 24.6 Å². The number of benzene rings is 2. The van der Waals surface area contributed by atoms with Gasteiger partial charge < -0.3 is 10.2 Å². The highest BCUT2D eigenvalue weighted by Crippen LogP contribution is 2.37. The fourth-order valence-corrected chi connectivity index (χ4v) is 2.63. The van der Waals surface area contributed by atoms with E-state index in [1.165, 1.54) is 12.1 Å². The van der Waals surface area contributed by atoms with E-state index >= 15 is 0 Å². The fraction of sp³-hybridized carbons (Fsp3) is 0.188. The van der Waals surface area contributed by atoms with Crippen LogP contribution in [0.15, 0.2) is 42.5 Å². The number of carbonyl (C=O) groups is 1. The number of anilines is 3. The summed E-state index contributed by atoms with van der Waals surface area (Å²) in [6.45, 7) is 0.644. The highest BCUT2D eigenvalue weighted by molar-refractivity contribution is 6.31. The normalized spacial score (nSPS) is 15.0. The zero-order chi connectivity index (χ0) is 14.8. The number of fused-ring (bicyclic) bond motifs is 1. The SMILES string of the molecule is O=C1CCCN(c2ccccc2)c2cc(F)c(Cl)cc2N1. The smallest absolute Gasteiger partial charge is 0.224 e. The molecule has 0 saturated carbocycles. The summed E-state index contributed by atoms with van der Waals surface area (Å²) in [6.07, 6.45) is 1.13. The molecule has 3 rings (SSSR count). The molecule has 0 aliphatic carbocycles. The molecule has 0 unspecified atom stereocenters. The summed E-state index contributed by atoms with van der Waals surface area (Å²) in [5.74, 6) is -0.571. The molecule has 1 aliphatic rings. The summed E-state index contributed by atoms with van der Waals surface area (Å²) in [5, 5.41) is 2.80. The molecule has 1 N–H and O–H groups in total.